The second-order valence-corrected chi connectivity index (χ2v) is 7.19. The van der Waals surface area contributed by atoms with E-state index in [0.717, 1.165) is 11.4 Å². The molecule has 1 N–H and O–H groups in total. The van der Waals surface area contributed by atoms with Crippen LogP contribution in [0.15, 0.2) is 0 Å². The molecule has 134 valence electrons. The Morgan fingerprint density at radius 3 is 1.50 bits per heavy atom. The van der Waals surface area contributed by atoms with Gasteiger partial charge in [0.05, 0.1) is 39.8 Å². The summed E-state index contributed by atoms with van der Waals surface area (Å²) in [7, 11) is 6.86. The Hall–Kier alpha value is -0.610. The zero-order valence-electron chi connectivity index (χ0n) is 15.6. The van der Waals surface area contributed by atoms with Crippen molar-refractivity contribution in [1.82, 2.24) is 0 Å². The SMILES string of the molecule is CC(O)C(=O)[O-].CCCCCCCCCCCC[N+](C)(C)C. The lowest BCUT2D eigenvalue weighted by atomic mass is 10.1. The number of carboxylic acid groups (broad SMARTS) is 1. The third-order valence-corrected chi connectivity index (χ3v) is 3.52. The minimum absolute atomic E-state index is 1.12. The summed E-state index contributed by atoms with van der Waals surface area (Å²) in [6.07, 6.45) is 13.1. The Kier molecular flexibility index (Phi) is 16.4. The molecule has 0 aliphatic carbocycles. The van der Waals surface area contributed by atoms with E-state index in [9.17, 15) is 9.90 Å². The van der Waals surface area contributed by atoms with Gasteiger partial charge in [-0.15, -0.1) is 0 Å². The molecule has 0 aromatic carbocycles. The summed E-state index contributed by atoms with van der Waals surface area (Å²) in [5, 5.41) is 17.3. The first-order valence-corrected chi connectivity index (χ1v) is 8.90. The number of carbonyl (C=O) groups is 1. The minimum atomic E-state index is -1.44. The van der Waals surface area contributed by atoms with Crippen molar-refractivity contribution >= 4 is 5.97 Å². The highest BCUT2D eigenvalue weighted by Crippen LogP contribution is 2.10. The van der Waals surface area contributed by atoms with Gasteiger partial charge in [-0.2, -0.15) is 0 Å². The summed E-state index contributed by atoms with van der Waals surface area (Å²) < 4.78 is 1.12. The molecule has 0 radical (unpaired) electrons. The fraction of sp³-hybridized carbons (Fsp3) is 0.944. The van der Waals surface area contributed by atoms with Gasteiger partial charge in [-0.1, -0.05) is 58.3 Å². The molecule has 4 heteroatoms. The minimum Gasteiger partial charge on any atom is -0.547 e. The van der Waals surface area contributed by atoms with E-state index in [4.69, 9.17) is 5.11 Å². The molecule has 0 heterocycles. The normalized spacial score (nSPS) is 12.5. The molecule has 0 saturated carbocycles. The number of quaternary nitrogens is 1. The monoisotopic (exact) mass is 317 g/mol. The van der Waals surface area contributed by atoms with Crippen molar-refractivity contribution in [2.24, 2.45) is 0 Å². The molecule has 0 aromatic heterocycles. The van der Waals surface area contributed by atoms with E-state index in [-0.39, 0.29) is 0 Å². The van der Waals surface area contributed by atoms with Gasteiger partial charge in [-0.05, 0) is 19.8 Å². The highest BCUT2D eigenvalue weighted by atomic mass is 16.4. The molecular weight excluding hydrogens is 278 g/mol. The van der Waals surface area contributed by atoms with Gasteiger partial charge in [-0.25, -0.2) is 0 Å². The number of hydrogen-bond donors (Lipinski definition) is 1. The lowest BCUT2D eigenvalue weighted by Gasteiger charge is -2.23. The maximum atomic E-state index is 9.34. The largest absolute Gasteiger partial charge is 0.547 e. The number of rotatable bonds is 12. The molecule has 0 bridgehead atoms. The zero-order chi connectivity index (χ0) is 17.4. The van der Waals surface area contributed by atoms with Crippen molar-refractivity contribution in [2.75, 3.05) is 27.7 Å². The van der Waals surface area contributed by atoms with Crippen LogP contribution in [0.4, 0.5) is 0 Å². The standard InChI is InChI=1S/C15H34N.C3H6O3/c1-5-6-7-8-9-10-11-12-13-14-15-16(2,3)4;1-2(4)3(5)6/h5-15H2,1-4H3;2,4H,1H3,(H,5,6)/q+1;/p-1. The molecule has 0 fully saturated rings. The molecule has 0 saturated heterocycles. The molecule has 1 atom stereocenters. The van der Waals surface area contributed by atoms with Crippen LogP contribution in [0, 0.1) is 0 Å². The number of aliphatic carboxylic acids is 1. The fourth-order valence-electron chi connectivity index (χ4n) is 2.07. The molecule has 0 spiro atoms. The maximum Gasteiger partial charge on any atom is 0.0905 e. The van der Waals surface area contributed by atoms with Crippen molar-refractivity contribution in [3.63, 3.8) is 0 Å². The summed E-state index contributed by atoms with van der Waals surface area (Å²) >= 11 is 0. The van der Waals surface area contributed by atoms with Crippen molar-refractivity contribution in [1.29, 1.82) is 0 Å². The molecule has 4 nitrogen and oxygen atoms in total. The van der Waals surface area contributed by atoms with E-state index in [1.165, 1.54) is 70.8 Å². The fourth-order valence-corrected chi connectivity index (χ4v) is 2.07. The third-order valence-electron chi connectivity index (χ3n) is 3.52. The van der Waals surface area contributed by atoms with Crippen LogP contribution in [0.25, 0.3) is 0 Å². The van der Waals surface area contributed by atoms with Gasteiger partial charge in [0.2, 0.25) is 0 Å². The molecule has 0 rings (SSSR count). The van der Waals surface area contributed by atoms with E-state index >= 15 is 0 Å². The van der Waals surface area contributed by atoms with E-state index < -0.39 is 12.1 Å². The topological polar surface area (TPSA) is 60.4 Å². The molecule has 0 aliphatic rings. The average molecular weight is 318 g/mol. The first-order chi connectivity index (χ1) is 10.2. The van der Waals surface area contributed by atoms with Gasteiger partial charge in [-0.3, -0.25) is 0 Å². The van der Waals surface area contributed by atoms with Crippen LogP contribution in [0.5, 0.6) is 0 Å². The van der Waals surface area contributed by atoms with Crippen molar-refractivity contribution < 1.29 is 19.5 Å². The lowest BCUT2D eigenvalue weighted by molar-refractivity contribution is -0.870. The molecular formula is C18H39NO3. The van der Waals surface area contributed by atoms with Gasteiger partial charge in [0.1, 0.15) is 0 Å². The Bertz CT molecular complexity index is 247. The zero-order valence-corrected chi connectivity index (χ0v) is 15.6. The lowest BCUT2D eigenvalue weighted by Crippen LogP contribution is -2.35. The van der Waals surface area contributed by atoms with Crippen molar-refractivity contribution in [3.8, 4) is 0 Å². The number of hydrogen-bond acceptors (Lipinski definition) is 3. The number of aliphatic hydroxyl groups is 1. The predicted molar refractivity (Wildman–Crippen MR) is 91.4 cm³/mol. The first kappa shape index (κ1) is 23.7. The van der Waals surface area contributed by atoms with Gasteiger partial charge in [0.25, 0.3) is 0 Å². The van der Waals surface area contributed by atoms with Gasteiger partial charge in [0, 0.05) is 0 Å². The Morgan fingerprint density at radius 1 is 0.909 bits per heavy atom. The van der Waals surface area contributed by atoms with Crippen LogP contribution in [0.3, 0.4) is 0 Å². The van der Waals surface area contributed by atoms with Crippen LogP contribution < -0.4 is 5.11 Å². The highest BCUT2D eigenvalue weighted by molar-refractivity contribution is 5.68. The van der Waals surface area contributed by atoms with E-state index in [0.29, 0.717) is 0 Å². The van der Waals surface area contributed by atoms with Crippen LogP contribution >= 0.6 is 0 Å². The van der Waals surface area contributed by atoms with Gasteiger partial charge >= 0.3 is 0 Å². The Morgan fingerprint density at radius 2 is 1.23 bits per heavy atom. The van der Waals surface area contributed by atoms with E-state index in [1.54, 1.807) is 0 Å². The quantitative estimate of drug-likeness (QED) is 0.445. The first-order valence-electron chi connectivity index (χ1n) is 8.90. The number of carboxylic acids is 1. The molecule has 0 aliphatic heterocycles. The van der Waals surface area contributed by atoms with Crippen molar-refractivity contribution in [2.45, 2.75) is 84.2 Å². The van der Waals surface area contributed by atoms with Gasteiger partial charge in [0.15, 0.2) is 0 Å². The van der Waals surface area contributed by atoms with Crippen LogP contribution in [-0.4, -0.2) is 49.4 Å². The van der Waals surface area contributed by atoms with Crippen LogP contribution in [-0.2, 0) is 4.79 Å². The number of carbonyl (C=O) groups excluding carboxylic acids is 1. The highest BCUT2D eigenvalue weighted by Gasteiger charge is 2.04. The van der Waals surface area contributed by atoms with E-state index in [2.05, 4.69) is 28.1 Å². The molecule has 1 unspecified atom stereocenters. The number of nitrogens with zero attached hydrogens (tertiary/aromatic N) is 1. The number of unbranched alkanes of at least 4 members (excludes halogenated alkanes) is 9. The Balaban J connectivity index is 0. The van der Waals surface area contributed by atoms with Gasteiger partial charge < -0.3 is 19.5 Å². The molecule has 22 heavy (non-hydrogen) atoms. The second kappa shape index (κ2) is 15.3. The average Bonchev–Trinajstić information content (AvgIpc) is 2.40. The molecule has 0 amide bonds. The molecule has 0 aromatic rings. The van der Waals surface area contributed by atoms with Crippen LogP contribution in [0.2, 0.25) is 0 Å². The predicted octanol–water partition coefficient (Wildman–Crippen LogP) is 2.73. The third kappa shape index (κ3) is 24.4. The van der Waals surface area contributed by atoms with Crippen LogP contribution in [0.1, 0.15) is 78.1 Å². The number of aliphatic hydroxyl groups excluding tert-OH is 1. The summed E-state index contributed by atoms with van der Waals surface area (Å²) in [5.74, 6) is -1.44. The second-order valence-electron chi connectivity index (χ2n) is 7.19. The van der Waals surface area contributed by atoms with Crippen molar-refractivity contribution in [3.05, 3.63) is 0 Å². The van der Waals surface area contributed by atoms with E-state index in [1.807, 2.05) is 0 Å². The summed E-state index contributed by atoms with van der Waals surface area (Å²) in [5.41, 5.74) is 0. The maximum absolute atomic E-state index is 9.34. The summed E-state index contributed by atoms with van der Waals surface area (Å²) in [6, 6.07) is 0. The Labute approximate surface area is 138 Å². The smallest absolute Gasteiger partial charge is 0.0905 e. The summed E-state index contributed by atoms with van der Waals surface area (Å²) in [6.45, 7) is 4.75. The summed E-state index contributed by atoms with van der Waals surface area (Å²) in [4.78, 5) is 9.34.